The molecule has 2 fully saturated rings. The molecule has 0 aromatic heterocycles. The Morgan fingerprint density at radius 2 is 2.04 bits per heavy atom. The Hall–Kier alpha value is -1.52. The van der Waals surface area contributed by atoms with Crippen molar-refractivity contribution in [3.8, 4) is 0 Å². The number of alkyl halides is 3. The fourth-order valence-electron chi connectivity index (χ4n) is 3.50. The number of hydrogen-bond acceptors (Lipinski definition) is 6. The van der Waals surface area contributed by atoms with Gasteiger partial charge in [-0.15, -0.1) is 0 Å². The largest absolute Gasteiger partial charge is 0.409 e. The molecule has 1 atom stereocenters. The van der Waals surface area contributed by atoms with E-state index in [0.29, 0.717) is 23.0 Å². The Bertz CT molecular complexity index is 753. The summed E-state index contributed by atoms with van der Waals surface area (Å²) in [5, 5.41) is 9.06. The molecule has 27 heavy (non-hydrogen) atoms. The van der Waals surface area contributed by atoms with Crippen LogP contribution in [0.25, 0.3) is 0 Å². The van der Waals surface area contributed by atoms with Gasteiger partial charge in [0.2, 0.25) is 0 Å². The van der Waals surface area contributed by atoms with Crippen molar-refractivity contribution >= 4 is 29.2 Å². The molecule has 10 heteroatoms. The van der Waals surface area contributed by atoms with E-state index in [2.05, 4.69) is 9.71 Å². The molecule has 148 valence electrons. The number of hydrogen-bond donors (Lipinski definition) is 2. The van der Waals surface area contributed by atoms with Gasteiger partial charge in [-0.05, 0) is 36.9 Å². The SMILES string of the molecule is OCCN1CCN(c2cc(F)cc3c2N=C(C2CC2)NS3)C(C(F)(F)F)C1. The fourth-order valence-corrected chi connectivity index (χ4v) is 4.35. The number of amidine groups is 1. The summed E-state index contributed by atoms with van der Waals surface area (Å²) < 4.78 is 58.5. The predicted octanol–water partition coefficient (Wildman–Crippen LogP) is 2.92. The van der Waals surface area contributed by atoms with Crippen molar-refractivity contribution < 1.29 is 22.7 Å². The smallest absolute Gasteiger partial charge is 0.395 e. The molecule has 4 rings (SSSR count). The molecule has 1 saturated carbocycles. The highest BCUT2D eigenvalue weighted by molar-refractivity contribution is 7.98. The summed E-state index contributed by atoms with van der Waals surface area (Å²) in [6.45, 7) is 0.179. The second-order valence-electron chi connectivity index (χ2n) is 7.02. The van der Waals surface area contributed by atoms with E-state index in [9.17, 15) is 17.6 Å². The first-order valence-corrected chi connectivity index (χ1v) is 9.70. The minimum absolute atomic E-state index is 0.0897. The number of aliphatic hydroxyl groups is 1. The first kappa shape index (κ1) is 18.8. The van der Waals surface area contributed by atoms with Crippen LogP contribution in [-0.2, 0) is 0 Å². The van der Waals surface area contributed by atoms with Gasteiger partial charge in [-0.25, -0.2) is 9.38 Å². The first-order chi connectivity index (χ1) is 12.9. The number of rotatable bonds is 4. The third kappa shape index (κ3) is 3.88. The van der Waals surface area contributed by atoms with Gasteiger partial charge < -0.3 is 14.7 Å². The first-order valence-electron chi connectivity index (χ1n) is 8.88. The van der Waals surface area contributed by atoms with Gasteiger partial charge in [0.1, 0.15) is 23.4 Å². The van der Waals surface area contributed by atoms with Crippen LogP contribution < -0.4 is 9.62 Å². The molecule has 2 heterocycles. The number of benzene rings is 1. The van der Waals surface area contributed by atoms with Crippen molar-refractivity contribution in [1.82, 2.24) is 9.62 Å². The molecule has 1 aromatic carbocycles. The second kappa shape index (κ2) is 7.14. The summed E-state index contributed by atoms with van der Waals surface area (Å²) in [5.41, 5.74) is 0.593. The van der Waals surface area contributed by atoms with E-state index >= 15 is 0 Å². The van der Waals surface area contributed by atoms with E-state index < -0.39 is 18.0 Å². The zero-order valence-electron chi connectivity index (χ0n) is 14.5. The molecule has 1 saturated heterocycles. The summed E-state index contributed by atoms with van der Waals surface area (Å²) in [7, 11) is 0. The summed E-state index contributed by atoms with van der Waals surface area (Å²) in [5.74, 6) is 0.480. The molecule has 5 nitrogen and oxygen atoms in total. The minimum Gasteiger partial charge on any atom is -0.395 e. The number of nitrogens with one attached hydrogen (secondary N) is 1. The van der Waals surface area contributed by atoms with Crippen LogP contribution in [0, 0.1) is 11.7 Å². The average molecular weight is 404 g/mol. The van der Waals surface area contributed by atoms with Crippen molar-refractivity contribution in [2.24, 2.45) is 10.9 Å². The quantitative estimate of drug-likeness (QED) is 0.597. The van der Waals surface area contributed by atoms with Crippen LogP contribution in [0.2, 0.25) is 0 Å². The van der Waals surface area contributed by atoms with Gasteiger partial charge in [-0.3, -0.25) is 4.90 Å². The van der Waals surface area contributed by atoms with Crippen molar-refractivity contribution in [1.29, 1.82) is 0 Å². The van der Waals surface area contributed by atoms with Crippen LogP contribution in [0.4, 0.5) is 28.9 Å². The Balaban J connectivity index is 1.72. The van der Waals surface area contributed by atoms with Gasteiger partial charge in [-0.2, -0.15) is 13.2 Å². The predicted molar refractivity (Wildman–Crippen MR) is 95.9 cm³/mol. The molecule has 3 aliphatic rings. The van der Waals surface area contributed by atoms with Crippen LogP contribution in [-0.4, -0.2) is 60.8 Å². The highest BCUT2D eigenvalue weighted by atomic mass is 32.2. The maximum atomic E-state index is 14.2. The van der Waals surface area contributed by atoms with E-state index in [4.69, 9.17) is 5.11 Å². The summed E-state index contributed by atoms with van der Waals surface area (Å²) in [6, 6.07) is 0.677. The molecule has 2 aliphatic heterocycles. The zero-order chi connectivity index (χ0) is 19.2. The Morgan fingerprint density at radius 1 is 1.26 bits per heavy atom. The van der Waals surface area contributed by atoms with Crippen LogP contribution in [0.5, 0.6) is 0 Å². The van der Waals surface area contributed by atoms with Crippen molar-refractivity contribution in [2.45, 2.75) is 30.0 Å². The minimum atomic E-state index is -4.48. The number of aliphatic imine (C=N–C) groups is 1. The summed E-state index contributed by atoms with van der Waals surface area (Å²) >= 11 is 1.20. The number of β-amino-alcohol motifs (C(OH)–C–C–N with tert-alkyl or cyclic N) is 1. The molecule has 1 aromatic rings. The van der Waals surface area contributed by atoms with Gasteiger partial charge in [-0.1, -0.05) is 0 Å². The number of nitrogens with zero attached hydrogens (tertiary/aromatic N) is 3. The molecule has 0 bridgehead atoms. The molecule has 1 unspecified atom stereocenters. The zero-order valence-corrected chi connectivity index (χ0v) is 15.3. The van der Waals surface area contributed by atoms with Gasteiger partial charge >= 0.3 is 6.18 Å². The normalized spacial score (nSPS) is 23.7. The summed E-state index contributed by atoms with van der Waals surface area (Å²) in [4.78, 5) is 7.84. The van der Waals surface area contributed by atoms with E-state index in [1.54, 1.807) is 4.90 Å². The number of aliphatic hydroxyl groups excluding tert-OH is 1. The third-order valence-electron chi connectivity index (χ3n) is 5.05. The molecule has 0 radical (unpaired) electrons. The monoisotopic (exact) mass is 404 g/mol. The third-order valence-corrected chi connectivity index (χ3v) is 5.89. The maximum absolute atomic E-state index is 14.2. The average Bonchev–Trinajstić information content (AvgIpc) is 3.45. The van der Waals surface area contributed by atoms with Crippen molar-refractivity contribution in [3.63, 3.8) is 0 Å². The van der Waals surface area contributed by atoms with Crippen LogP contribution >= 0.6 is 11.9 Å². The van der Waals surface area contributed by atoms with Gasteiger partial charge in [0, 0.05) is 32.1 Å². The Labute approximate surface area is 158 Å². The van der Waals surface area contributed by atoms with Crippen LogP contribution in [0.15, 0.2) is 22.0 Å². The number of piperazine rings is 1. The van der Waals surface area contributed by atoms with Gasteiger partial charge in [0.25, 0.3) is 0 Å². The second-order valence-corrected chi connectivity index (χ2v) is 7.87. The fraction of sp³-hybridized carbons (Fsp3) is 0.588. The lowest BCUT2D eigenvalue weighted by molar-refractivity contribution is -0.156. The highest BCUT2D eigenvalue weighted by Gasteiger charge is 2.47. The lowest BCUT2D eigenvalue weighted by Gasteiger charge is -2.43. The van der Waals surface area contributed by atoms with E-state index in [0.717, 1.165) is 24.7 Å². The van der Waals surface area contributed by atoms with E-state index in [1.807, 2.05) is 0 Å². The van der Waals surface area contributed by atoms with Crippen LogP contribution in [0.1, 0.15) is 12.8 Å². The molecule has 0 amide bonds. The highest BCUT2D eigenvalue weighted by Crippen LogP contribution is 2.45. The lowest BCUT2D eigenvalue weighted by Crippen LogP contribution is -2.59. The lowest BCUT2D eigenvalue weighted by atomic mass is 10.1. The van der Waals surface area contributed by atoms with Gasteiger partial charge in [0.15, 0.2) is 0 Å². The standard InChI is InChI=1S/C17H20F4N4OS/c18-11-7-12(15-13(8-11)27-23-16(22-15)10-1-2-10)25-4-3-24(5-6-26)9-14(25)17(19,20)21/h7-8,10,14,26H,1-6,9H2,(H,22,23). The topological polar surface area (TPSA) is 51.1 Å². The molecule has 2 N–H and O–H groups in total. The molecular formula is C17H20F4N4OS. The molecule has 1 aliphatic carbocycles. The van der Waals surface area contributed by atoms with Crippen molar-refractivity contribution in [3.05, 3.63) is 17.9 Å². The van der Waals surface area contributed by atoms with Crippen LogP contribution in [0.3, 0.4) is 0 Å². The van der Waals surface area contributed by atoms with Gasteiger partial charge in [0.05, 0.1) is 17.2 Å². The van der Waals surface area contributed by atoms with E-state index in [1.165, 1.54) is 22.9 Å². The maximum Gasteiger partial charge on any atom is 0.409 e. The molecular weight excluding hydrogens is 384 g/mol. The Morgan fingerprint density at radius 3 is 2.70 bits per heavy atom. The number of fused-ring (bicyclic) bond motifs is 1. The van der Waals surface area contributed by atoms with Crippen molar-refractivity contribution in [2.75, 3.05) is 37.7 Å². The Kier molecular flexibility index (Phi) is 4.98. The number of halogens is 4. The number of anilines is 1. The summed E-state index contributed by atoms with van der Waals surface area (Å²) in [6.07, 6.45) is -2.47. The van der Waals surface area contributed by atoms with E-state index in [-0.39, 0.29) is 31.9 Å². The molecule has 0 spiro atoms.